The molecule has 0 amide bonds. The van der Waals surface area contributed by atoms with E-state index in [1.165, 1.54) is 31.4 Å². The Hall–Kier alpha value is -0.655. The molecule has 0 saturated heterocycles. The molecule has 0 aliphatic heterocycles. The molecule has 0 N–H and O–H groups in total. The number of hydrogen-bond acceptors (Lipinski definition) is 1. The first-order chi connectivity index (χ1) is 5.93. The molecule has 64 valence electrons. The second-order valence-corrected chi connectivity index (χ2v) is 3.13. The van der Waals surface area contributed by atoms with Gasteiger partial charge in [-0.15, -0.1) is 0 Å². The van der Waals surface area contributed by atoms with Crippen molar-refractivity contribution in [2.45, 2.75) is 39.0 Å². The average molecular weight is 161 g/mol. The van der Waals surface area contributed by atoms with E-state index in [4.69, 9.17) is 0 Å². The number of rotatable bonds is 5. The van der Waals surface area contributed by atoms with Crippen LogP contribution in [0, 0.1) is 0 Å². The molecule has 1 nitrogen and oxygen atoms in total. The van der Waals surface area contributed by atoms with E-state index in [2.05, 4.69) is 23.9 Å². The molecule has 0 radical (unpaired) electrons. The van der Waals surface area contributed by atoms with Crippen LogP contribution in [-0.4, -0.2) is 11.9 Å². The Bertz CT molecular complexity index is 198. The van der Waals surface area contributed by atoms with Gasteiger partial charge in [0.2, 0.25) is 0 Å². The summed E-state index contributed by atoms with van der Waals surface area (Å²) >= 11 is 0. The summed E-state index contributed by atoms with van der Waals surface area (Å²) in [5.74, 6) is 1.97. The van der Waals surface area contributed by atoms with Crippen molar-refractivity contribution in [3.05, 3.63) is 23.8 Å². The molecule has 0 aromatic carbocycles. The van der Waals surface area contributed by atoms with Crippen molar-refractivity contribution >= 4 is 7.05 Å². The van der Waals surface area contributed by atoms with Crippen LogP contribution in [0.1, 0.15) is 38.3 Å². The Morgan fingerprint density at radius 1 is 1.33 bits per heavy atom. The zero-order valence-electron chi connectivity index (χ0n) is 7.79. The summed E-state index contributed by atoms with van der Waals surface area (Å²) in [6.45, 7) is 2.24. The van der Waals surface area contributed by atoms with Gasteiger partial charge in [-0.2, -0.15) is 0 Å². The van der Waals surface area contributed by atoms with Crippen LogP contribution in [0.2, 0.25) is 0 Å². The van der Waals surface area contributed by atoms with Crippen LogP contribution in [0.3, 0.4) is 0 Å². The molecule has 1 aromatic heterocycles. The molecule has 1 aromatic rings. The van der Waals surface area contributed by atoms with Crippen LogP contribution in [0.5, 0.6) is 0 Å². The van der Waals surface area contributed by atoms with Gasteiger partial charge in [0, 0.05) is 0 Å². The molecule has 0 fully saturated rings. The molecule has 12 heavy (non-hydrogen) atoms. The molecule has 1 heterocycles. The van der Waals surface area contributed by atoms with Crippen LogP contribution in [0.25, 0.3) is 0 Å². The number of unbranched alkanes of at least 4 members (excludes halogenated alkanes) is 3. The van der Waals surface area contributed by atoms with Crippen molar-refractivity contribution in [2.75, 3.05) is 0 Å². The van der Waals surface area contributed by atoms with Gasteiger partial charge < -0.3 is 0 Å². The van der Waals surface area contributed by atoms with Crippen molar-refractivity contribution in [1.29, 1.82) is 0 Å². The molecule has 0 spiro atoms. The van der Waals surface area contributed by atoms with Gasteiger partial charge in [-0.05, 0) is 0 Å². The fraction of sp³-hybridized carbons (Fsp3) is 0.600. The molecule has 0 aliphatic rings. The van der Waals surface area contributed by atoms with E-state index >= 15 is 0 Å². The summed E-state index contributed by atoms with van der Waals surface area (Å²) in [5, 5.41) is 0. The van der Waals surface area contributed by atoms with E-state index in [0.717, 1.165) is 6.42 Å². The van der Waals surface area contributed by atoms with Gasteiger partial charge >= 0.3 is 74.8 Å². The molecule has 0 atom stereocenters. The van der Waals surface area contributed by atoms with E-state index in [9.17, 15) is 0 Å². The molecular formula is C10H16BN. The van der Waals surface area contributed by atoms with Crippen molar-refractivity contribution in [1.82, 2.24) is 4.89 Å². The van der Waals surface area contributed by atoms with Crippen LogP contribution in [0.15, 0.2) is 18.1 Å². The first kappa shape index (κ1) is 9.43. The molecule has 0 saturated carbocycles. The Balaban J connectivity index is 2.16. The Kier molecular flexibility index (Phi) is 4.66. The Labute approximate surface area is 75.5 Å². The Morgan fingerprint density at radius 3 is 2.92 bits per heavy atom. The molecular weight excluding hydrogens is 145 g/mol. The molecule has 1 rings (SSSR count). The number of nitrogens with zero attached hydrogens (tertiary/aromatic N) is 1. The SMILES string of the molecule is CCCCCCc1cccbn1. The van der Waals surface area contributed by atoms with Gasteiger partial charge in [0.05, 0.1) is 0 Å². The zero-order valence-corrected chi connectivity index (χ0v) is 7.79. The van der Waals surface area contributed by atoms with Gasteiger partial charge in [-0.3, -0.25) is 0 Å². The normalized spacial score (nSPS) is 9.75. The summed E-state index contributed by atoms with van der Waals surface area (Å²) in [7, 11) is 1.87. The minimum atomic E-state index is 1.14. The van der Waals surface area contributed by atoms with E-state index < -0.39 is 0 Å². The van der Waals surface area contributed by atoms with Gasteiger partial charge in [0.1, 0.15) is 0 Å². The standard InChI is InChI=1S/C10H16BN/c1-2-3-4-5-7-10-8-6-9-11-12-10/h6,8-9H,2-5,7H2,1H3. The van der Waals surface area contributed by atoms with E-state index in [-0.39, 0.29) is 0 Å². The van der Waals surface area contributed by atoms with Gasteiger partial charge in [0.25, 0.3) is 0 Å². The topological polar surface area (TPSA) is 12.9 Å². The third-order valence-electron chi connectivity index (χ3n) is 2.01. The minimum absolute atomic E-state index is 1.14. The number of hydrogen-bond donors (Lipinski definition) is 0. The van der Waals surface area contributed by atoms with Gasteiger partial charge in [-0.1, -0.05) is 0 Å². The second kappa shape index (κ2) is 5.93. The third-order valence-corrected chi connectivity index (χ3v) is 2.01. The summed E-state index contributed by atoms with van der Waals surface area (Å²) in [6.07, 6.45) is 6.42. The van der Waals surface area contributed by atoms with Crippen molar-refractivity contribution in [2.24, 2.45) is 0 Å². The van der Waals surface area contributed by atoms with Crippen LogP contribution >= 0.6 is 0 Å². The quantitative estimate of drug-likeness (QED) is 0.604. The summed E-state index contributed by atoms with van der Waals surface area (Å²) < 4.78 is 0. The predicted molar refractivity (Wildman–Crippen MR) is 53.4 cm³/mol. The molecule has 0 aliphatic carbocycles. The second-order valence-electron chi connectivity index (χ2n) is 3.13. The van der Waals surface area contributed by atoms with Crippen LogP contribution in [-0.2, 0) is 6.42 Å². The number of aryl methyl sites for hydroxylation is 1. The van der Waals surface area contributed by atoms with Crippen molar-refractivity contribution in [3.63, 3.8) is 0 Å². The first-order valence-electron chi connectivity index (χ1n) is 4.83. The van der Waals surface area contributed by atoms with Crippen LogP contribution in [0.4, 0.5) is 0 Å². The van der Waals surface area contributed by atoms with E-state index in [0.29, 0.717) is 0 Å². The maximum absolute atomic E-state index is 4.28. The third kappa shape index (κ3) is 3.65. The van der Waals surface area contributed by atoms with Crippen molar-refractivity contribution in [3.8, 4) is 0 Å². The fourth-order valence-electron chi connectivity index (χ4n) is 1.28. The number of aromatic nitrogens is 1. The van der Waals surface area contributed by atoms with Gasteiger partial charge in [-0.25, -0.2) is 0 Å². The monoisotopic (exact) mass is 161 g/mol. The average Bonchev–Trinajstić information content (AvgIpc) is 2.14. The van der Waals surface area contributed by atoms with E-state index in [1.807, 2.05) is 13.0 Å². The summed E-state index contributed by atoms with van der Waals surface area (Å²) in [5.41, 5.74) is 1.23. The fourth-order valence-corrected chi connectivity index (χ4v) is 1.28. The summed E-state index contributed by atoms with van der Waals surface area (Å²) in [4.78, 5) is 4.28. The summed E-state index contributed by atoms with van der Waals surface area (Å²) in [6, 6.07) is 4.16. The predicted octanol–water partition coefficient (Wildman–Crippen LogP) is 2.54. The maximum atomic E-state index is 4.28. The van der Waals surface area contributed by atoms with E-state index in [1.54, 1.807) is 0 Å². The molecule has 0 unspecified atom stereocenters. The zero-order chi connectivity index (χ0) is 8.65. The van der Waals surface area contributed by atoms with Gasteiger partial charge in [0.15, 0.2) is 0 Å². The molecule has 0 bridgehead atoms. The Morgan fingerprint density at radius 2 is 2.25 bits per heavy atom. The van der Waals surface area contributed by atoms with Crippen LogP contribution < -0.4 is 0 Å². The first-order valence-corrected chi connectivity index (χ1v) is 4.83. The van der Waals surface area contributed by atoms with Crippen molar-refractivity contribution < 1.29 is 0 Å². The molecule has 2 heteroatoms.